The van der Waals surface area contributed by atoms with Gasteiger partial charge in [0.25, 0.3) is 5.91 Å². The largest absolute Gasteiger partial charge is 0.497 e. The first-order valence-corrected chi connectivity index (χ1v) is 9.25. The molecule has 1 amide bonds. The van der Waals surface area contributed by atoms with Crippen molar-refractivity contribution in [3.05, 3.63) is 77.1 Å². The summed E-state index contributed by atoms with van der Waals surface area (Å²) in [6.45, 7) is 3.17. The molecule has 0 fully saturated rings. The quantitative estimate of drug-likeness (QED) is 0.754. The Hall–Kier alpha value is -3.41. The lowest BCUT2D eigenvalue weighted by molar-refractivity contribution is 0.0728. The molecule has 28 heavy (non-hydrogen) atoms. The zero-order valence-corrected chi connectivity index (χ0v) is 16.0. The van der Waals surface area contributed by atoms with Gasteiger partial charge in [-0.1, -0.05) is 24.3 Å². The molecule has 1 N–H and O–H groups in total. The number of amides is 1. The second-order valence-corrected chi connectivity index (χ2v) is 6.82. The number of hydrogen-bond acceptors (Lipinski definition) is 5. The third kappa shape index (κ3) is 3.81. The van der Waals surface area contributed by atoms with Gasteiger partial charge < -0.3 is 15.0 Å². The van der Waals surface area contributed by atoms with Crippen LogP contribution >= 0.6 is 0 Å². The van der Waals surface area contributed by atoms with E-state index in [-0.39, 0.29) is 5.91 Å². The summed E-state index contributed by atoms with van der Waals surface area (Å²) in [5.74, 6) is 1.11. The summed E-state index contributed by atoms with van der Waals surface area (Å²) in [7, 11) is 1.63. The Bertz CT molecular complexity index is 1000. The van der Waals surface area contributed by atoms with Crippen LogP contribution in [0.4, 0.5) is 11.6 Å². The number of aryl methyl sites for hydroxylation is 1. The van der Waals surface area contributed by atoms with Crippen LogP contribution in [0.2, 0.25) is 0 Å². The zero-order valence-electron chi connectivity index (χ0n) is 16.0. The number of methoxy groups -OCH3 is 1. The maximum atomic E-state index is 13.0. The van der Waals surface area contributed by atoms with Gasteiger partial charge in [-0.15, -0.1) is 0 Å². The normalized spacial score (nSPS) is 13.0. The number of hydrogen-bond donors (Lipinski definition) is 1. The van der Waals surface area contributed by atoms with E-state index < -0.39 is 0 Å². The molecule has 2 heterocycles. The highest BCUT2D eigenvalue weighted by Crippen LogP contribution is 2.22. The molecule has 0 radical (unpaired) electrons. The van der Waals surface area contributed by atoms with Crippen LogP contribution in [0.1, 0.15) is 27.3 Å². The van der Waals surface area contributed by atoms with Crippen molar-refractivity contribution in [1.82, 2.24) is 14.9 Å². The van der Waals surface area contributed by atoms with Gasteiger partial charge in [0.05, 0.1) is 7.11 Å². The van der Waals surface area contributed by atoms with Crippen molar-refractivity contribution in [1.29, 1.82) is 0 Å². The Kier molecular flexibility index (Phi) is 4.93. The first kappa shape index (κ1) is 18.0. The molecule has 1 aromatic heterocycles. The molecule has 0 bridgehead atoms. The fraction of sp³-hybridized carbons (Fsp3) is 0.227. The van der Waals surface area contributed by atoms with Gasteiger partial charge in [0, 0.05) is 24.5 Å². The highest BCUT2D eigenvalue weighted by atomic mass is 16.5. The monoisotopic (exact) mass is 374 g/mol. The van der Waals surface area contributed by atoms with E-state index >= 15 is 0 Å². The molecule has 1 aliphatic rings. The van der Waals surface area contributed by atoms with Crippen molar-refractivity contribution in [3.63, 3.8) is 0 Å². The Morgan fingerprint density at radius 2 is 1.82 bits per heavy atom. The predicted octanol–water partition coefficient (Wildman–Crippen LogP) is 3.74. The van der Waals surface area contributed by atoms with Gasteiger partial charge in [-0.25, -0.2) is 9.97 Å². The van der Waals surface area contributed by atoms with Crippen LogP contribution in [-0.4, -0.2) is 34.4 Å². The van der Waals surface area contributed by atoms with Crippen LogP contribution < -0.4 is 10.1 Å². The number of fused-ring (bicyclic) bond motifs is 1. The number of nitrogens with one attached hydrogen (secondary N) is 1. The summed E-state index contributed by atoms with van der Waals surface area (Å²) >= 11 is 0. The van der Waals surface area contributed by atoms with Gasteiger partial charge in [-0.3, -0.25) is 4.79 Å². The van der Waals surface area contributed by atoms with Crippen molar-refractivity contribution in [2.24, 2.45) is 0 Å². The highest BCUT2D eigenvalue weighted by molar-refractivity contribution is 5.93. The minimum Gasteiger partial charge on any atom is -0.497 e. The fourth-order valence-electron chi connectivity index (χ4n) is 3.37. The van der Waals surface area contributed by atoms with Crippen molar-refractivity contribution < 1.29 is 9.53 Å². The number of carbonyl (C=O) groups is 1. The minimum absolute atomic E-state index is 0.0715. The van der Waals surface area contributed by atoms with Gasteiger partial charge in [0.15, 0.2) is 0 Å². The van der Waals surface area contributed by atoms with E-state index in [4.69, 9.17) is 4.74 Å². The maximum absolute atomic E-state index is 13.0. The molecular formula is C22H22N4O2. The minimum atomic E-state index is -0.0715. The fourth-order valence-corrected chi connectivity index (χ4v) is 3.37. The van der Waals surface area contributed by atoms with Crippen LogP contribution in [-0.2, 0) is 13.0 Å². The third-order valence-electron chi connectivity index (χ3n) is 4.84. The van der Waals surface area contributed by atoms with E-state index in [0.29, 0.717) is 24.7 Å². The average Bonchev–Trinajstić information content (AvgIpc) is 2.73. The van der Waals surface area contributed by atoms with Crippen molar-refractivity contribution in [3.8, 4) is 5.75 Å². The molecular weight excluding hydrogens is 352 g/mol. The second-order valence-electron chi connectivity index (χ2n) is 6.82. The molecule has 0 saturated carbocycles. The number of rotatable bonds is 4. The topological polar surface area (TPSA) is 67.3 Å². The first-order chi connectivity index (χ1) is 13.6. The standard InChI is InChI=1S/C22H22N4O2/c1-15-13-20(21(27)26-12-11-16-5-3-4-6-17(16)14-26)25-22(23-15)24-18-7-9-19(28-2)10-8-18/h3-10,13H,11-12,14H2,1-2H3,(H,23,24,25). The smallest absolute Gasteiger partial charge is 0.272 e. The van der Waals surface area contributed by atoms with Gasteiger partial charge in [-0.2, -0.15) is 0 Å². The molecule has 0 unspecified atom stereocenters. The van der Waals surface area contributed by atoms with Crippen LogP contribution in [0, 0.1) is 6.92 Å². The zero-order chi connectivity index (χ0) is 19.5. The summed E-state index contributed by atoms with van der Waals surface area (Å²) in [6, 6.07) is 17.5. The van der Waals surface area contributed by atoms with Gasteiger partial charge in [0.2, 0.25) is 5.95 Å². The van der Waals surface area contributed by atoms with Crippen LogP contribution in [0.3, 0.4) is 0 Å². The molecule has 6 nitrogen and oxygen atoms in total. The summed E-state index contributed by atoms with van der Waals surface area (Å²) in [5.41, 5.74) is 4.49. The van der Waals surface area contributed by atoms with Gasteiger partial charge in [-0.05, 0) is 54.8 Å². The van der Waals surface area contributed by atoms with Crippen LogP contribution in [0.15, 0.2) is 54.6 Å². The lowest BCUT2D eigenvalue weighted by atomic mass is 10.00. The number of anilines is 2. The molecule has 0 spiro atoms. The molecule has 0 saturated heterocycles. The lowest BCUT2D eigenvalue weighted by Gasteiger charge is -2.28. The molecule has 4 rings (SSSR count). The maximum Gasteiger partial charge on any atom is 0.272 e. The van der Waals surface area contributed by atoms with E-state index in [1.54, 1.807) is 13.2 Å². The molecule has 0 atom stereocenters. The Labute approximate surface area is 164 Å². The van der Waals surface area contributed by atoms with Crippen molar-refractivity contribution in [2.75, 3.05) is 19.0 Å². The molecule has 142 valence electrons. The van der Waals surface area contributed by atoms with Crippen LogP contribution in [0.5, 0.6) is 5.75 Å². The third-order valence-corrected chi connectivity index (χ3v) is 4.84. The number of aromatic nitrogens is 2. The van der Waals surface area contributed by atoms with Crippen LogP contribution in [0.25, 0.3) is 0 Å². The Morgan fingerprint density at radius 1 is 1.07 bits per heavy atom. The SMILES string of the molecule is COc1ccc(Nc2nc(C)cc(C(=O)N3CCc4ccccc4C3)n2)cc1. The van der Waals surface area contributed by atoms with Crippen molar-refractivity contribution >= 4 is 17.5 Å². The van der Waals surface area contributed by atoms with E-state index in [9.17, 15) is 4.79 Å². The number of benzene rings is 2. The van der Waals surface area contributed by atoms with E-state index in [0.717, 1.165) is 23.6 Å². The number of carbonyl (C=O) groups excluding carboxylic acids is 1. The Balaban J connectivity index is 1.54. The molecule has 1 aliphatic heterocycles. The predicted molar refractivity (Wildman–Crippen MR) is 108 cm³/mol. The average molecular weight is 374 g/mol. The van der Waals surface area contributed by atoms with E-state index in [2.05, 4.69) is 27.4 Å². The molecule has 3 aromatic rings. The molecule has 0 aliphatic carbocycles. The van der Waals surface area contributed by atoms with Gasteiger partial charge >= 0.3 is 0 Å². The highest BCUT2D eigenvalue weighted by Gasteiger charge is 2.23. The molecule has 2 aromatic carbocycles. The van der Waals surface area contributed by atoms with E-state index in [1.807, 2.05) is 48.2 Å². The molecule has 6 heteroatoms. The first-order valence-electron chi connectivity index (χ1n) is 9.25. The number of nitrogens with zero attached hydrogens (tertiary/aromatic N) is 3. The Morgan fingerprint density at radius 3 is 2.57 bits per heavy atom. The number of ether oxygens (including phenoxy) is 1. The van der Waals surface area contributed by atoms with Gasteiger partial charge in [0.1, 0.15) is 11.4 Å². The second kappa shape index (κ2) is 7.68. The summed E-state index contributed by atoms with van der Waals surface area (Å²) in [5, 5.41) is 3.16. The summed E-state index contributed by atoms with van der Waals surface area (Å²) in [4.78, 5) is 23.8. The summed E-state index contributed by atoms with van der Waals surface area (Å²) < 4.78 is 5.17. The summed E-state index contributed by atoms with van der Waals surface area (Å²) in [6.07, 6.45) is 0.864. The van der Waals surface area contributed by atoms with E-state index in [1.165, 1.54) is 11.1 Å². The lowest BCUT2D eigenvalue weighted by Crippen LogP contribution is -2.36. The van der Waals surface area contributed by atoms with Crippen molar-refractivity contribution in [2.45, 2.75) is 19.9 Å².